The Balaban J connectivity index is 1.33. The van der Waals surface area contributed by atoms with E-state index >= 15 is 0 Å². The van der Waals surface area contributed by atoms with Crippen LogP contribution in [-0.2, 0) is 6.54 Å². The van der Waals surface area contributed by atoms with Crippen molar-refractivity contribution in [1.29, 1.82) is 0 Å². The molecule has 3 aliphatic heterocycles. The Morgan fingerprint density at radius 2 is 1.91 bits per heavy atom. The van der Waals surface area contributed by atoms with E-state index in [2.05, 4.69) is 9.80 Å². The molecule has 6 heteroatoms. The van der Waals surface area contributed by atoms with Crippen molar-refractivity contribution in [3.8, 4) is 22.6 Å². The lowest BCUT2D eigenvalue weighted by atomic mass is 9.83. The molecular weight excluding hydrogens is 440 g/mol. The third-order valence-electron chi connectivity index (χ3n) is 8.18. The van der Waals surface area contributed by atoms with Crippen molar-refractivity contribution in [2.75, 3.05) is 33.5 Å². The first-order valence-corrected chi connectivity index (χ1v) is 13.0. The lowest BCUT2D eigenvalue weighted by molar-refractivity contribution is 0.0146. The van der Waals surface area contributed by atoms with Gasteiger partial charge in [0.05, 0.1) is 23.6 Å². The van der Waals surface area contributed by atoms with Gasteiger partial charge in [-0.05, 0) is 69.8 Å². The Kier molecular flexibility index (Phi) is 6.02. The summed E-state index contributed by atoms with van der Waals surface area (Å²) in [5.74, 6) is 2.76. The van der Waals surface area contributed by atoms with Crippen molar-refractivity contribution in [3.63, 3.8) is 0 Å². The molecule has 6 rings (SSSR count). The molecule has 2 aromatic carbocycles. The summed E-state index contributed by atoms with van der Waals surface area (Å²) in [6.07, 6.45) is 6.58. The number of hydrogen-bond acceptors (Lipinski definition) is 6. The van der Waals surface area contributed by atoms with Crippen molar-refractivity contribution in [1.82, 2.24) is 9.80 Å². The number of hydrogen-bond donors (Lipinski definition) is 0. The van der Waals surface area contributed by atoms with Crippen LogP contribution in [0.1, 0.15) is 43.4 Å². The van der Waals surface area contributed by atoms with Gasteiger partial charge in [0.25, 0.3) is 0 Å². The van der Waals surface area contributed by atoms with Gasteiger partial charge in [-0.3, -0.25) is 9.69 Å². The van der Waals surface area contributed by atoms with Crippen molar-refractivity contribution in [2.45, 2.75) is 51.6 Å². The summed E-state index contributed by atoms with van der Waals surface area (Å²) in [7, 11) is 1.62. The van der Waals surface area contributed by atoms with E-state index in [9.17, 15) is 4.79 Å². The number of benzene rings is 2. The van der Waals surface area contributed by atoms with Gasteiger partial charge in [-0.15, -0.1) is 0 Å². The molecule has 0 spiro atoms. The minimum Gasteiger partial charge on any atom is -0.496 e. The van der Waals surface area contributed by atoms with Gasteiger partial charge in [0, 0.05) is 24.7 Å². The van der Waals surface area contributed by atoms with Crippen LogP contribution in [0, 0.1) is 12.8 Å². The highest BCUT2D eigenvalue weighted by Crippen LogP contribution is 2.37. The summed E-state index contributed by atoms with van der Waals surface area (Å²) in [6, 6.07) is 12.1. The number of fused-ring (bicyclic) bond motifs is 4. The normalized spacial score (nSPS) is 22.9. The fourth-order valence-electron chi connectivity index (χ4n) is 6.52. The summed E-state index contributed by atoms with van der Waals surface area (Å²) < 4.78 is 18.1. The van der Waals surface area contributed by atoms with Crippen LogP contribution in [0.5, 0.6) is 11.5 Å². The maximum absolute atomic E-state index is 13.7. The predicted octanol–water partition coefficient (Wildman–Crippen LogP) is 5.19. The van der Waals surface area contributed by atoms with Crippen molar-refractivity contribution < 1.29 is 13.9 Å². The minimum atomic E-state index is -0.0294. The van der Waals surface area contributed by atoms with Gasteiger partial charge >= 0.3 is 0 Å². The molecule has 0 N–H and O–H groups in total. The van der Waals surface area contributed by atoms with Gasteiger partial charge < -0.3 is 18.8 Å². The second kappa shape index (κ2) is 9.32. The van der Waals surface area contributed by atoms with E-state index in [4.69, 9.17) is 13.9 Å². The second-order valence-corrected chi connectivity index (χ2v) is 10.3. The summed E-state index contributed by atoms with van der Waals surface area (Å²) in [4.78, 5) is 18.8. The van der Waals surface area contributed by atoms with Crippen LogP contribution in [0.2, 0.25) is 0 Å². The molecule has 35 heavy (non-hydrogen) atoms. The molecule has 0 saturated carbocycles. The summed E-state index contributed by atoms with van der Waals surface area (Å²) in [5.41, 5.74) is 2.92. The summed E-state index contributed by atoms with van der Waals surface area (Å²) >= 11 is 0. The fraction of sp³-hybridized carbons (Fsp3) is 0.483. The molecule has 3 aromatic rings. The summed E-state index contributed by atoms with van der Waals surface area (Å²) in [5, 5.41) is 0.594. The molecular formula is C29H34N2O4. The SMILES string of the molecule is COc1ccccc1-c1c(C)oc2c3c(ccc2c1=O)OCN(CC1CCCN2CCCCC12)C3. The first-order chi connectivity index (χ1) is 17.1. The fourth-order valence-corrected chi connectivity index (χ4v) is 6.52. The highest BCUT2D eigenvalue weighted by molar-refractivity contribution is 5.87. The molecule has 2 unspecified atom stereocenters. The first-order valence-electron chi connectivity index (χ1n) is 13.0. The number of aryl methyl sites for hydroxylation is 1. The van der Waals surface area contributed by atoms with Crippen LogP contribution < -0.4 is 14.9 Å². The average Bonchev–Trinajstić information content (AvgIpc) is 2.89. The third-order valence-corrected chi connectivity index (χ3v) is 8.18. The lowest BCUT2D eigenvalue weighted by Crippen LogP contribution is -2.51. The van der Waals surface area contributed by atoms with Gasteiger partial charge in [0.15, 0.2) is 0 Å². The van der Waals surface area contributed by atoms with E-state index in [1.54, 1.807) is 7.11 Å². The van der Waals surface area contributed by atoms with Crippen LogP contribution in [0.4, 0.5) is 0 Å². The Morgan fingerprint density at radius 3 is 2.80 bits per heavy atom. The molecule has 1 aromatic heterocycles. The molecule has 2 saturated heterocycles. The van der Waals surface area contributed by atoms with Gasteiger partial charge in [-0.25, -0.2) is 0 Å². The summed E-state index contributed by atoms with van der Waals surface area (Å²) in [6.45, 7) is 6.73. The van der Waals surface area contributed by atoms with E-state index in [0.29, 0.717) is 46.7 Å². The second-order valence-electron chi connectivity index (χ2n) is 10.3. The Bertz CT molecular complexity index is 1300. The lowest BCUT2D eigenvalue weighted by Gasteiger charge is -2.46. The Labute approximate surface area is 206 Å². The number of nitrogens with zero attached hydrogens (tertiary/aromatic N) is 2. The van der Waals surface area contributed by atoms with Crippen LogP contribution >= 0.6 is 0 Å². The number of ether oxygens (including phenoxy) is 2. The van der Waals surface area contributed by atoms with E-state index in [1.165, 1.54) is 45.2 Å². The van der Waals surface area contributed by atoms with Gasteiger partial charge in [-0.2, -0.15) is 0 Å². The third kappa shape index (κ3) is 4.03. The topological polar surface area (TPSA) is 55.2 Å². The highest BCUT2D eigenvalue weighted by Gasteiger charge is 2.35. The van der Waals surface area contributed by atoms with Gasteiger partial charge in [-0.1, -0.05) is 24.6 Å². The van der Waals surface area contributed by atoms with Gasteiger partial charge in [0.2, 0.25) is 5.43 Å². The molecule has 0 amide bonds. The monoisotopic (exact) mass is 474 g/mol. The molecule has 0 radical (unpaired) electrons. The zero-order chi connectivity index (χ0) is 23.9. The van der Waals surface area contributed by atoms with Crippen molar-refractivity contribution >= 4 is 11.0 Å². The molecule has 3 aliphatic rings. The van der Waals surface area contributed by atoms with Gasteiger partial charge in [0.1, 0.15) is 29.6 Å². The molecule has 0 bridgehead atoms. The molecule has 184 valence electrons. The van der Waals surface area contributed by atoms with Crippen LogP contribution in [-0.4, -0.2) is 49.3 Å². The van der Waals surface area contributed by atoms with Crippen molar-refractivity contribution in [3.05, 3.63) is 57.9 Å². The largest absolute Gasteiger partial charge is 0.496 e. The number of rotatable bonds is 4. The highest BCUT2D eigenvalue weighted by atomic mass is 16.5. The van der Waals surface area contributed by atoms with Crippen LogP contribution in [0.15, 0.2) is 45.6 Å². The van der Waals surface area contributed by atoms with Crippen LogP contribution in [0.3, 0.4) is 0 Å². The van der Waals surface area contributed by atoms with E-state index < -0.39 is 0 Å². The molecule has 6 nitrogen and oxygen atoms in total. The Morgan fingerprint density at radius 1 is 1.06 bits per heavy atom. The van der Waals surface area contributed by atoms with E-state index in [0.717, 1.165) is 30.0 Å². The minimum absolute atomic E-state index is 0.0294. The Hall–Kier alpha value is -2.83. The van der Waals surface area contributed by atoms with E-state index in [1.807, 2.05) is 43.3 Å². The molecule has 2 fully saturated rings. The van der Waals surface area contributed by atoms with Crippen molar-refractivity contribution in [2.24, 2.45) is 5.92 Å². The number of piperidine rings is 2. The zero-order valence-electron chi connectivity index (χ0n) is 20.7. The van der Waals surface area contributed by atoms with E-state index in [-0.39, 0.29) is 5.43 Å². The first kappa shape index (κ1) is 22.6. The molecule has 2 atom stereocenters. The number of para-hydroxylation sites is 1. The predicted molar refractivity (Wildman–Crippen MR) is 137 cm³/mol. The smallest absolute Gasteiger partial charge is 0.200 e. The average molecular weight is 475 g/mol. The maximum atomic E-state index is 13.7. The quantitative estimate of drug-likeness (QED) is 0.519. The molecule has 4 heterocycles. The number of methoxy groups -OCH3 is 1. The molecule has 0 aliphatic carbocycles. The maximum Gasteiger partial charge on any atom is 0.200 e. The zero-order valence-corrected chi connectivity index (χ0v) is 20.7. The standard InChI is InChI=1S/C29H34N2O4/c1-19-27(21-9-3-4-11-25(21)33-2)28(32)22-12-13-26-23(29(22)35-19)17-30(18-34-26)16-20-8-7-15-31-14-6-5-10-24(20)31/h3-4,9,11-13,20,24H,5-8,10,14-18H2,1-2H3. The van der Waals surface area contributed by atoms with Crippen LogP contribution in [0.25, 0.3) is 22.1 Å².